The van der Waals surface area contributed by atoms with E-state index in [1.807, 2.05) is 0 Å². The highest BCUT2D eigenvalue weighted by Gasteiger charge is 2.13. The smallest absolute Gasteiger partial charge is 0.337 e. The van der Waals surface area contributed by atoms with Crippen molar-refractivity contribution in [3.63, 3.8) is 0 Å². The summed E-state index contributed by atoms with van der Waals surface area (Å²) in [6.07, 6.45) is 0. The van der Waals surface area contributed by atoms with E-state index < -0.39 is 16.7 Å². The normalized spacial score (nSPS) is 10.4. The molecule has 0 heterocycles. The van der Waals surface area contributed by atoms with E-state index in [0.29, 0.717) is 16.2 Å². The van der Waals surface area contributed by atoms with Crippen molar-refractivity contribution in [2.24, 2.45) is 0 Å². The van der Waals surface area contributed by atoms with Gasteiger partial charge in [-0.3, -0.25) is 10.1 Å². The van der Waals surface area contributed by atoms with E-state index in [4.69, 9.17) is 4.74 Å². The Kier molecular flexibility index (Phi) is 5.90. The van der Waals surface area contributed by atoms with Crippen LogP contribution in [0.2, 0.25) is 0 Å². The molecule has 3 aromatic rings. The van der Waals surface area contributed by atoms with Crippen molar-refractivity contribution in [2.75, 3.05) is 7.11 Å². The zero-order chi connectivity index (χ0) is 20.1. The molecule has 0 bridgehead atoms. The molecule has 0 spiro atoms. The van der Waals surface area contributed by atoms with E-state index in [9.17, 15) is 19.3 Å². The minimum Gasteiger partial charge on any atom is -0.465 e. The number of non-ortho nitro benzene ring substituents is 1. The number of carbonyl (C=O) groups is 1. The second-order valence-electron chi connectivity index (χ2n) is 5.59. The number of nitro groups is 1. The molecule has 28 heavy (non-hydrogen) atoms. The summed E-state index contributed by atoms with van der Waals surface area (Å²) in [6.45, 7) is 0. The molecule has 6 nitrogen and oxygen atoms in total. The Hall–Kier alpha value is -3.39. The summed E-state index contributed by atoms with van der Waals surface area (Å²) in [5, 5.41) is 11.2. The Bertz CT molecular complexity index is 1010. The number of rotatable bonds is 6. The third-order valence-corrected chi connectivity index (χ3v) is 4.62. The summed E-state index contributed by atoms with van der Waals surface area (Å²) in [6, 6.07) is 16.4. The number of esters is 1. The first kappa shape index (κ1) is 19.4. The van der Waals surface area contributed by atoms with E-state index >= 15 is 0 Å². The van der Waals surface area contributed by atoms with Gasteiger partial charge in [-0.25, -0.2) is 9.18 Å². The second kappa shape index (κ2) is 8.53. The molecule has 0 saturated heterocycles. The van der Waals surface area contributed by atoms with Crippen LogP contribution in [0.3, 0.4) is 0 Å². The molecule has 0 saturated carbocycles. The molecule has 0 aromatic heterocycles. The molecule has 0 fully saturated rings. The lowest BCUT2D eigenvalue weighted by molar-refractivity contribution is -0.385. The molecule has 0 aliphatic heterocycles. The minimum atomic E-state index is -0.512. The molecule has 3 rings (SSSR count). The van der Waals surface area contributed by atoms with Crippen LogP contribution >= 0.6 is 11.8 Å². The predicted molar refractivity (Wildman–Crippen MR) is 101 cm³/mol. The molecule has 8 heteroatoms. The molecule has 0 radical (unpaired) electrons. The Labute approximate surface area is 164 Å². The van der Waals surface area contributed by atoms with Crippen LogP contribution in [0.15, 0.2) is 76.5 Å². The van der Waals surface area contributed by atoms with E-state index in [1.54, 1.807) is 30.3 Å². The fourth-order valence-electron chi connectivity index (χ4n) is 2.33. The summed E-state index contributed by atoms with van der Waals surface area (Å²) < 4.78 is 23.3. The van der Waals surface area contributed by atoms with Gasteiger partial charge in [0.05, 0.1) is 23.7 Å². The third kappa shape index (κ3) is 4.86. The number of nitrogens with zero attached hydrogens (tertiary/aromatic N) is 1. The van der Waals surface area contributed by atoms with Crippen molar-refractivity contribution in [3.8, 4) is 11.5 Å². The average molecular weight is 399 g/mol. The number of benzene rings is 3. The highest BCUT2D eigenvalue weighted by molar-refractivity contribution is 7.99. The van der Waals surface area contributed by atoms with Crippen molar-refractivity contribution in [3.05, 3.63) is 88.2 Å². The summed E-state index contributed by atoms with van der Waals surface area (Å²) >= 11 is 1.28. The molecule has 0 N–H and O–H groups in total. The van der Waals surface area contributed by atoms with Gasteiger partial charge in [0.1, 0.15) is 17.3 Å². The van der Waals surface area contributed by atoms with Crippen molar-refractivity contribution in [1.29, 1.82) is 0 Å². The van der Waals surface area contributed by atoms with E-state index in [-0.39, 0.29) is 11.4 Å². The van der Waals surface area contributed by atoms with Gasteiger partial charge in [-0.2, -0.15) is 0 Å². The summed E-state index contributed by atoms with van der Waals surface area (Å²) in [5.74, 6) is -0.227. The zero-order valence-corrected chi connectivity index (χ0v) is 15.4. The maximum atomic E-state index is 13.0. The van der Waals surface area contributed by atoms with Gasteiger partial charge in [-0.1, -0.05) is 11.8 Å². The van der Waals surface area contributed by atoms with Crippen LogP contribution in [-0.4, -0.2) is 18.0 Å². The van der Waals surface area contributed by atoms with Gasteiger partial charge in [0.15, 0.2) is 0 Å². The molecular weight excluding hydrogens is 385 g/mol. The highest BCUT2D eigenvalue weighted by atomic mass is 32.2. The van der Waals surface area contributed by atoms with Crippen molar-refractivity contribution < 1.29 is 23.6 Å². The fraction of sp³-hybridized carbons (Fsp3) is 0.0500. The van der Waals surface area contributed by atoms with Gasteiger partial charge >= 0.3 is 5.97 Å². The number of halogens is 1. The quantitative estimate of drug-likeness (QED) is 0.311. The average Bonchev–Trinajstić information content (AvgIpc) is 2.69. The van der Waals surface area contributed by atoms with E-state index in [0.717, 1.165) is 4.90 Å². The van der Waals surface area contributed by atoms with Crippen LogP contribution in [0, 0.1) is 15.9 Å². The van der Waals surface area contributed by atoms with Crippen LogP contribution in [0.5, 0.6) is 11.5 Å². The largest absolute Gasteiger partial charge is 0.465 e. The molecule has 142 valence electrons. The molecular formula is C20H14FNO5S. The van der Waals surface area contributed by atoms with Crippen molar-refractivity contribution in [1.82, 2.24) is 0 Å². The standard InChI is InChI=1S/C20H14FNO5S/c1-26-20(23)13-2-8-18(9-3-13)28-19-11-15(22(24)25)10-17(12-19)27-16-6-4-14(21)5-7-16/h2-12H,1H3. The third-order valence-electron chi connectivity index (χ3n) is 3.64. The van der Waals surface area contributed by atoms with Crippen molar-refractivity contribution >= 4 is 23.4 Å². The number of nitro benzene ring substituents is 1. The highest BCUT2D eigenvalue weighted by Crippen LogP contribution is 2.35. The van der Waals surface area contributed by atoms with Gasteiger partial charge < -0.3 is 9.47 Å². The fourth-order valence-corrected chi connectivity index (χ4v) is 3.23. The van der Waals surface area contributed by atoms with Crippen LogP contribution in [0.1, 0.15) is 10.4 Å². The number of ether oxygens (including phenoxy) is 2. The van der Waals surface area contributed by atoms with Crippen LogP contribution in [0.25, 0.3) is 0 Å². The van der Waals surface area contributed by atoms with Crippen LogP contribution in [-0.2, 0) is 4.74 Å². The maximum Gasteiger partial charge on any atom is 0.337 e. The summed E-state index contributed by atoms with van der Waals surface area (Å²) in [4.78, 5) is 23.6. The molecule has 0 atom stereocenters. The second-order valence-corrected chi connectivity index (χ2v) is 6.74. The Morgan fingerprint density at radius 1 is 0.964 bits per heavy atom. The van der Waals surface area contributed by atoms with Gasteiger partial charge in [-0.05, 0) is 54.6 Å². The van der Waals surface area contributed by atoms with Crippen molar-refractivity contribution in [2.45, 2.75) is 9.79 Å². The number of methoxy groups -OCH3 is 1. The lowest BCUT2D eigenvalue weighted by Crippen LogP contribution is -2.00. The SMILES string of the molecule is COC(=O)c1ccc(Sc2cc(Oc3ccc(F)cc3)cc([N+](=O)[O-])c2)cc1. The number of hydrogen-bond acceptors (Lipinski definition) is 6. The summed E-state index contributed by atoms with van der Waals surface area (Å²) in [5.41, 5.74) is 0.277. The van der Waals surface area contributed by atoms with E-state index in [1.165, 1.54) is 55.3 Å². The van der Waals surface area contributed by atoms with Crippen LogP contribution < -0.4 is 4.74 Å². The minimum absolute atomic E-state index is 0.131. The van der Waals surface area contributed by atoms with Gasteiger partial charge in [0.25, 0.3) is 5.69 Å². The lowest BCUT2D eigenvalue weighted by Gasteiger charge is -2.08. The van der Waals surface area contributed by atoms with Gasteiger partial charge in [0.2, 0.25) is 0 Å². The Balaban J connectivity index is 1.85. The first-order valence-corrected chi connectivity index (χ1v) is 8.85. The molecule has 3 aromatic carbocycles. The zero-order valence-electron chi connectivity index (χ0n) is 14.6. The molecule has 0 aliphatic rings. The summed E-state index contributed by atoms with van der Waals surface area (Å²) in [7, 11) is 1.30. The number of carbonyl (C=O) groups excluding carboxylic acids is 1. The van der Waals surface area contributed by atoms with Gasteiger partial charge in [-0.15, -0.1) is 0 Å². The predicted octanol–water partition coefficient (Wildman–Crippen LogP) is 5.46. The van der Waals surface area contributed by atoms with E-state index in [2.05, 4.69) is 4.74 Å². The first-order valence-electron chi connectivity index (χ1n) is 8.04. The Morgan fingerprint density at radius 3 is 2.25 bits per heavy atom. The first-order chi connectivity index (χ1) is 13.4. The maximum absolute atomic E-state index is 13.0. The van der Waals surface area contributed by atoms with Gasteiger partial charge in [0, 0.05) is 15.9 Å². The molecule has 0 unspecified atom stereocenters. The van der Waals surface area contributed by atoms with Crippen LogP contribution in [0.4, 0.5) is 10.1 Å². The molecule has 0 aliphatic carbocycles. The Morgan fingerprint density at radius 2 is 1.64 bits per heavy atom. The topological polar surface area (TPSA) is 78.7 Å². The monoisotopic (exact) mass is 399 g/mol. The molecule has 0 amide bonds. The lowest BCUT2D eigenvalue weighted by atomic mass is 10.2. The number of hydrogen-bond donors (Lipinski definition) is 0.